The molecular weight excluding hydrogens is 174 g/mol. The van der Waals surface area contributed by atoms with E-state index in [-0.39, 0.29) is 18.1 Å². The number of nitrogens with zero attached hydrogens (tertiary/aromatic N) is 1. The number of rotatable bonds is 3. The van der Waals surface area contributed by atoms with Crippen LogP contribution in [0.5, 0.6) is 0 Å². The Morgan fingerprint density at radius 1 is 1.54 bits per heavy atom. The second kappa shape index (κ2) is 3.88. The third-order valence-corrected chi connectivity index (χ3v) is 2.61. The van der Waals surface area contributed by atoms with Crippen LogP contribution in [0.15, 0.2) is 0 Å². The number of likely N-dealkylation sites (N-methyl/N-ethyl adjacent to an activating group) is 1. The average Bonchev–Trinajstić information content (AvgIpc) is 2.28. The predicted molar refractivity (Wildman–Crippen MR) is 49.1 cm³/mol. The minimum atomic E-state index is -2.23. The second-order valence-corrected chi connectivity index (χ2v) is 4.45. The van der Waals surface area contributed by atoms with E-state index in [2.05, 4.69) is 19.2 Å². The molecule has 0 bridgehead atoms. The molecule has 0 aromatic rings. The summed E-state index contributed by atoms with van der Waals surface area (Å²) in [5.41, 5.74) is 0.0983. The number of hydrogen-bond acceptors (Lipinski definition) is 2. The van der Waals surface area contributed by atoms with Crippen LogP contribution in [0.2, 0.25) is 0 Å². The van der Waals surface area contributed by atoms with Gasteiger partial charge in [0, 0.05) is 18.1 Å². The number of nitrogens with one attached hydrogen (secondary N) is 1. The van der Waals surface area contributed by atoms with E-state index < -0.39 is 6.43 Å². The van der Waals surface area contributed by atoms with Crippen molar-refractivity contribution in [2.75, 3.05) is 20.1 Å². The average molecular weight is 192 g/mol. The van der Waals surface area contributed by atoms with E-state index in [0.29, 0.717) is 0 Å². The topological polar surface area (TPSA) is 15.3 Å². The van der Waals surface area contributed by atoms with E-state index in [1.807, 2.05) is 0 Å². The zero-order valence-corrected chi connectivity index (χ0v) is 8.48. The highest BCUT2D eigenvalue weighted by molar-refractivity contribution is 4.93. The fourth-order valence-electron chi connectivity index (χ4n) is 1.81. The minimum absolute atomic E-state index is 0.0983. The van der Waals surface area contributed by atoms with Crippen LogP contribution in [0.25, 0.3) is 0 Å². The molecule has 13 heavy (non-hydrogen) atoms. The van der Waals surface area contributed by atoms with Crippen molar-refractivity contribution in [2.24, 2.45) is 0 Å². The van der Waals surface area contributed by atoms with Gasteiger partial charge in [-0.15, -0.1) is 0 Å². The van der Waals surface area contributed by atoms with Crippen molar-refractivity contribution in [1.82, 2.24) is 10.2 Å². The van der Waals surface area contributed by atoms with E-state index in [0.717, 1.165) is 13.0 Å². The lowest BCUT2D eigenvalue weighted by molar-refractivity contribution is 0.0832. The molecule has 1 aliphatic rings. The largest absolute Gasteiger partial charge is 0.310 e. The maximum Gasteiger partial charge on any atom is 0.251 e. The summed E-state index contributed by atoms with van der Waals surface area (Å²) in [7, 11) is 1.76. The predicted octanol–water partition coefficient (Wildman–Crippen LogP) is 1.32. The summed E-state index contributed by atoms with van der Waals surface area (Å²) in [6.45, 7) is 4.89. The van der Waals surface area contributed by atoms with E-state index in [4.69, 9.17) is 0 Å². The molecule has 1 atom stereocenters. The molecule has 1 N–H and O–H groups in total. The van der Waals surface area contributed by atoms with Crippen molar-refractivity contribution in [3.63, 3.8) is 0 Å². The molecule has 4 heteroatoms. The van der Waals surface area contributed by atoms with Gasteiger partial charge in [-0.1, -0.05) is 0 Å². The molecule has 0 aliphatic carbocycles. The molecule has 1 unspecified atom stereocenters. The Morgan fingerprint density at radius 2 is 2.15 bits per heavy atom. The molecule has 0 saturated carbocycles. The molecule has 78 valence electrons. The van der Waals surface area contributed by atoms with E-state index in [1.165, 1.54) is 0 Å². The van der Waals surface area contributed by atoms with Gasteiger partial charge < -0.3 is 5.32 Å². The molecular formula is C9H18F2N2. The fourth-order valence-corrected chi connectivity index (χ4v) is 1.81. The van der Waals surface area contributed by atoms with Crippen LogP contribution >= 0.6 is 0 Å². The Morgan fingerprint density at radius 3 is 2.54 bits per heavy atom. The molecule has 1 fully saturated rings. The normalized spacial score (nSPS) is 27.5. The van der Waals surface area contributed by atoms with E-state index in [9.17, 15) is 8.78 Å². The van der Waals surface area contributed by atoms with Crippen molar-refractivity contribution >= 4 is 0 Å². The van der Waals surface area contributed by atoms with Gasteiger partial charge >= 0.3 is 0 Å². The SMILES string of the molecule is CN(CC(F)F)C1CNC(C)(C)C1. The van der Waals surface area contributed by atoms with Crippen LogP contribution in [-0.2, 0) is 0 Å². The van der Waals surface area contributed by atoms with Crippen LogP contribution in [0, 0.1) is 0 Å². The summed E-state index contributed by atoms with van der Waals surface area (Å²) in [6.07, 6.45) is -1.29. The lowest BCUT2D eigenvalue weighted by Gasteiger charge is -2.24. The Labute approximate surface area is 78.3 Å². The van der Waals surface area contributed by atoms with Crippen molar-refractivity contribution < 1.29 is 8.78 Å². The van der Waals surface area contributed by atoms with Gasteiger partial charge in [0.15, 0.2) is 0 Å². The van der Waals surface area contributed by atoms with Crippen molar-refractivity contribution in [2.45, 2.75) is 38.3 Å². The second-order valence-electron chi connectivity index (χ2n) is 4.45. The highest BCUT2D eigenvalue weighted by Gasteiger charge is 2.32. The van der Waals surface area contributed by atoms with Gasteiger partial charge in [-0.2, -0.15) is 0 Å². The minimum Gasteiger partial charge on any atom is -0.310 e. The summed E-state index contributed by atoms with van der Waals surface area (Å²) in [5.74, 6) is 0. The first-order valence-corrected chi connectivity index (χ1v) is 4.64. The first kappa shape index (κ1) is 10.9. The molecule has 1 rings (SSSR count). The number of hydrogen-bond donors (Lipinski definition) is 1. The first-order valence-electron chi connectivity index (χ1n) is 4.64. The van der Waals surface area contributed by atoms with Gasteiger partial charge in [-0.05, 0) is 27.3 Å². The van der Waals surface area contributed by atoms with Crippen LogP contribution in [-0.4, -0.2) is 43.0 Å². The lowest BCUT2D eigenvalue weighted by Crippen LogP contribution is -2.36. The molecule has 1 heterocycles. The molecule has 2 nitrogen and oxygen atoms in total. The van der Waals surface area contributed by atoms with Crippen molar-refractivity contribution in [3.8, 4) is 0 Å². The lowest BCUT2D eigenvalue weighted by atomic mass is 10.0. The molecule has 0 amide bonds. The highest BCUT2D eigenvalue weighted by atomic mass is 19.3. The maximum absolute atomic E-state index is 12.1. The zero-order valence-electron chi connectivity index (χ0n) is 8.48. The zero-order chi connectivity index (χ0) is 10.1. The van der Waals surface area contributed by atoms with Crippen LogP contribution in [0.1, 0.15) is 20.3 Å². The molecule has 0 aromatic heterocycles. The van der Waals surface area contributed by atoms with Gasteiger partial charge in [-0.25, -0.2) is 8.78 Å². The van der Waals surface area contributed by atoms with Gasteiger partial charge in [0.1, 0.15) is 0 Å². The quantitative estimate of drug-likeness (QED) is 0.725. The van der Waals surface area contributed by atoms with Crippen LogP contribution < -0.4 is 5.32 Å². The summed E-state index contributed by atoms with van der Waals surface area (Å²) in [4.78, 5) is 1.74. The molecule has 1 saturated heterocycles. The van der Waals surface area contributed by atoms with E-state index in [1.54, 1.807) is 11.9 Å². The molecule has 1 aliphatic heterocycles. The smallest absolute Gasteiger partial charge is 0.251 e. The summed E-state index contributed by atoms with van der Waals surface area (Å²) >= 11 is 0. The first-order chi connectivity index (χ1) is 5.91. The number of halogens is 2. The summed E-state index contributed by atoms with van der Waals surface area (Å²) in [6, 6.07) is 0.254. The van der Waals surface area contributed by atoms with Crippen molar-refractivity contribution in [1.29, 1.82) is 0 Å². The van der Waals surface area contributed by atoms with Gasteiger partial charge in [0.05, 0.1) is 6.54 Å². The summed E-state index contributed by atoms with van der Waals surface area (Å²) in [5, 5.41) is 3.31. The third kappa shape index (κ3) is 3.19. The highest BCUT2D eigenvalue weighted by Crippen LogP contribution is 2.21. The number of alkyl halides is 2. The van der Waals surface area contributed by atoms with Crippen molar-refractivity contribution in [3.05, 3.63) is 0 Å². The fraction of sp³-hybridized carbons (Fsp3) is 1.00. The third-order valence-electron chi connectivity index (χ3n) is 2.61. The standard InChI is InChI=1S/C9H18F2N2/c1-9(2)4-7(5-12-9)13(3)6-8(10)11/h7-8,12H,4-6H2,1-3H3. The Bertz CT molecular complexity index is 171. The molecule has 0 spiro atoms. The maximum atomic E-state index is 12.1. The Hall–Kier alpha value is -0.220. The van der Waals surface area contributed by atoms with E-state index >= 15 is 0 Å². The van der Waals surface area contributed by atoms with Gasteiger partial charge in [0.2, 0.25) is 0 Å². The molecule has 0 radical (unpaired) electrons. The summed E-state index contributed by atoms with van der Waals surface area (Å²) < 4.78 is 24.1. The van der Waals surface area contributed by atoms with Gasteiger partial charge in [0.25, 0.3) is 6.43 Å². The molecule has 0 aromatic carbocycles. The monoisotopic (exact) mass is 192 g/mol. The van der Waals surface area contributed by atoms with Crippen LogP contribution in [0.3, 0.4) is 0 Å². The Kier molecular flexibility index (Phi) is 3.24. The Balaban J connectivity index is 2.37. The van der Waals surface area contributed by atoms with Gasteiger partial charge in [-0.3, -0.25) is 4.90 Å². The van der Waals surface area contributed by atoms with Crippen LogP contribution in [0.4, 0.5) is 8.78 Å².